The van der Waals surface area contributed by atoms with Crippen molar-refractivity contribution in [3.8, 4) is 17.2 Å². The number of aliphatic hydroxyl groups is 1. The second-order valence-electron chi connectivity index (χ2n) is 9.03. The zero-order valence-electron chi connectivity index (χ0n) is 21.0. The monoisotopic (exact) mass is 564 g/mol. The standard InChI is InChI=1S/C27H24ClF3N2O6/c1-15(26(37,27(29,30)31)16-7-10-22-23(11-16)33(3)25(36)32(22)2)20-9-8-19(13-21(20)28)39-18-6-4-5-17(12-18)38-14-24(34)35/h4-13,15,37H,14H2,1-3H3,(H,34,35). The normalized spacial score (nSPS) is 14.2. The summed E-state index contributed by atoms with van der Waals surface area (Å²) < 4.78 is 56.9. The number of nitrogens with zero attached hydrogens (tertiary/aromatic N) is 2. The number of carbonyl (C=O) groups is 1. The van der Waals surface area contributed by atoms with Crippen LogP contribution >= 0.6 is 11.6 Å². The molecule has 0 saturated heterocycles. The molecular formula is C27H24ClF3N2O6. The van der Waals surface area contributed by atoms with Gasteiger partial charge in [0, 0.05) is 31.1 Å². The van der Waals surface area contributed by atoms with Gasteiger partial charge >= 0.3 is 17.8 Å². The number of halogens is 4. The number of imidazole rings is 1. The van der Waals surface area contributed by atoms with E-state index < -0.39 is 41.5 Å². The number of aliphatic carboxylic acids is 1. The quantitative estimate of drug-likeness (QED) is 0.299. The minimum atomic E-state index is -5.09. The maximum atomic E-state index is 14.5. The van der Waals surface area contributed by atoms with Crippen LogP contribution in [0.15, 0.2) is 65.5 Å². The molecule has 206 valence electrons. The first-order valence-corrected chi connectivity index (χ1v) is 12.0. The summed E-state index contributed by atoms with van der Waals surface area (Å²) in [6.07, 6.45) is -5.09. The van der Waals surface area contributed by atoms with E-state index in [1.165, 1.54) is 66.6 Å². The number of ether oxygens (including phenoxy) is 2. The van der Waals surface area contributed by atoms with Gasteiger partial charge in [0.25, 0.3) is 0 Å². The van der Waals surface area contributed by atoms with E-state index in [4.69, 9.17) is 26.2 Å². The van der Waals surface area contributed by atoms with Crippen LogP contribution in [0, 0.1) is 0 Å². The molecule has 12 heteroatoms. The number of hydrogen-bond donors (Lipinski definition) is 2. The molecule has 39 heavy (non-hydrogen) atoms. The maximum absolute atomic E-state index is 14.5. The van der Waals surface area contributed by atoms with Crippen LogP contribution in [0.5, 0.6) is 17.2 Å². The molecule has 0 bridgehead atoms. The molecule has 1 aromatic heterocycles. The Morgan fingerprint density at radius 3 is 2.26 bits per heavy atom. The summed E-state index contributed by atoms with van der Waals surface area (Å²) in [4.78, 5) is 23.0. The SMILES string of the molecule is CC(c1ccc(Oc2cccc(OCC(=O)O)c2)cc1Cl)C(O)(c1ccc2c(c1)n(C)c(=O)n2C)C(F)(F)F. The topological polar surface area (TPSA) is 103 Å². The first-order chi connectivity index (χ1) is 18.2. The van der Waals surface area contributed by atoms with Gasteiger partial charge in [-0.15, -0.1) is 0 Å². The van der Waals surface area contributed by atoms with Gasteiger partial charge in [0.15, 0.2) is 12.2 Å². The zero-order chi connectivity index (χ0) is 28.7. The lowest BCUT2D eigenvalue weighted by atomic mass is 9.77. The van der Waals surface area contributed by atoms with Gasteiger partial charge in [-0.3, -0.25) is 9.13 Å². The zero-order valence-corrected chi connectivity index (χ0v) is 21.7. The number of carboxylic acids is 1. The molecule has 4 aromatic rings. The highest BCUT2D eigenvalue weighted by atomic mass is 35.5. The Hall–Kier alpha value is -3.96. The van der Waals surface area contributed by atoms with Gasteiger partial charge in [0.05, 0.1) is 11.0 Å². The van der Waals surface area contributed by atoms with E-state index in [0.29, 0.717) is 5.52 Å². The van der Waals surface area contributed by atoms with Crippen LogP contribution < -0.4 is 15.2 Å². The van der Waals surface area contributed by atoms with Crippen LogP contribution in [0.1, 0.15) is 24.0 Å². The summed E-state index contributed by atoms with van der Waals surface area (Å²) >= 11 is 6.40. The maximum Gasteiger partial charge on any atom is 0.422 e. The van der Waals surface area contributed by atoms with Crippen molar-refractivity contribution >= 4 is 28.6 Å². The van der Waals surface area contributed by atoms with Crippen LogP contribution in [-0.2, 0) is 24.5 Å². The Bertz CT molecular complexity index is 1610. The minimum Gasteiger partial charge on any atom is -0.482 e. The Morgan fingerprint density at radius 1 is 0.974 bits per heavy atom. The predicted octanol–water partition coefficient (Wildman–Crippen LogP) is 5.34. The fourth-order valence-corrected chi connectivity index (χ4v) is 4.79. The number of alkyl halides is 3. The van der Waals surface area contributed by atoms with Crippen LogP contribution in [0.25, 0.3) is 11.0 Å². The van der Waals surface area contributed by atoms with Gasteiger partial charge < -0.3 is 19.7 Å². The molecule has 2 N–H and O–H groups in total. The van der Waals surface area contributed by atoms with Crippen molar-refractivity contribution in [2.45, 2.75) is 24.6 Å². The lowest BCUT2D eigenvalue weighted by molar-refractivity contribution is -0.274. The lowest BCUT2D eigenvalue weighted by Gasteiger charge is -2.37. The van der Waals surface area contributed by atoms with Gasteiger partial charge in [-0.1, -0.05) is 36.7 Å². The number of carboxylic acid groups (broad SMARTS) is 1. The number of aromatic nitrogens is 2. The first kappa shape index (κ1) is 28.1. The van der Waals surface area contributed by atoms with Crippen molar-refractivity contribution in [3.63, 3.8) is 0 Å². The molecule has 0 aliphatic rings. The molecule has 3 aromatic carbocycles. The second-order valence-corrected chi connectivity index (χ2v) is 9.44. The smallest absolute Gasteiger partial charge is 0.422 e. The van der Waals surface area contributed by atoms with Crippen molar-refractivity contribution in [1.82, 2.24) is 9.13 Å². The van der Waals surface area contributed by atoms with Crippen molar-refractivity contribution < 1.29 is 37.7 Å². The Labute approximate surface area is 225 Å². The number of benzene rings is 3. The van der Waals surface area contributed by atoms with Crippen molar-refractivity contribution in [1.29, 1.82) is 0 Å². The summed E-state index contributed by atoms with van der Waals surface area (Å²) in [6.45, 7) is 0.671. The number of fused-ring (bicyclic) bond motifs is 1. The average Bonchev–Trinajstić information content (AvgIpc) is 3.09. The summed E-state index contributed by atoms with van der Waals surface area (Å²) in [7, 11) is 2.94. The third kappa shape index (κ3) is 5.19. The fourth-order valence-electron chi connectivity index (χ4n) is 4.46. The molecule has 2 unspecified atom stereocenters. The van der Waals surface area contributed by atoms with E-state index >= 15 is 0 Å². The number of rotatable bonds is 8. The first-order valence-electron chi connectivity index (χ1n) is 11.6. The average molecular weight is 565 g/mol. The van der Waals surface area contributed by atoms with Crippen molar-refractivity contribution in [2.75, 3.05) is 6.61 Å². The Balaban J connectivity index is 1.68. The van der Waals surface area contributed by atoms with E-state index in [0.717, 1.165) is 12.1 Å². The van der Waals surface area contributed by atoms with E-state index in [1.54, 1.807) is 12.1 Å². The molecule has 4 rings (SSSR count). The fraction of sp³-hybridized carbons (Fsp3) is 0.259. The molecule has 0 radical (unpaired) electrons. The molecule has 0 aliphatic heterocycles. The summed E-state index contributed by atoms with van der Waals surface area (Å²) in [5.41, 5.74) is -3.52. The minimum absolute atomic E-state index is 0.0180. The Morgan fingerprint density at radius 2 is 1.62 bits per heavy atom. The molecule has 2 atom stereocenters. The van der Waals surface area contributed by atoms with Crippen molar-refractivity contribution in [2.24, 2.45) is 14.1 Å². The molecule has 0 saturated carbocycles. The molecule has 0 amide bonds. The number of hydrogen-bond acceptors (Lipinski definition) is 5. The molecule has 0 spiro atoms. The highest BCUT2D eigenvalue weighted by Gasteiger charge is 2.59. The lowest BCUT2D eigenvalue weighted by Crippen LogP contribution is -2.46. The van der Waals surface area contributed by atoms with E-state index in [9.17, 15) is 27.9 Å². The van der Waals surface area contributed by atoms with E-state index in [-0.39, 0.29) is 33.4 Å². The van der Waals surface area contributed by atoms with Gasteiger partial charge in [0.1, 0.15) is 17.2 Å². The largest absolute Gasteiger partial charge is 0.482 e. The van der Waals surface area contributed by atoms with Gasteiger partial charge in [-0.05, 0) is 47.5 Å². The van der Waals surface area contributed by atoms with E-state index in [2.05, 4.69) is 0 Å². The van der Waals surface area contributed by atoms with Gasteiger partial charge in [-0.25, -0.2) is 9.59 Å². The van der Waals surface area contributed by atoms with Crippen LogP contribution in [0.3, 0.4) is 0 Å². The third-order valence-electron chi connectivity index (χ3n) is 6.61. The second kappa shape index (κ2) is 10.3. The highest BCUT2D eigenvalue weighted by molar-refractivity contribution is 6.31. The Kier molecular flexibility index (Phi) is 7.42. The molecular weight excluding hydrogens is 541 g/mol. The molecule has 8 nitrogen and oxygen atoms in total. The van der Waals surface area contributed by atoms with E-state index in [1.807, 2.05) is 0 Å². The molecule has 0 fully saturated rings. The third-order valence-corrected chi connectivity index (χ3v) is 6.94. The summed E-state index contributed by atoms with van der Waals surface area (Å²) in [5.74, 6) is -1.98. The van der Waals surface area contributed by atoms with Crippen LogP contribution in [-0.4, -0.2) is 38.1 Å². The van der Waals surface area contributed by atoms with Crippen molar-refractivity contribution in [3.05, 3.63) is 87.3 Å². The summed E-state index contributed by atoms with van der Waals surface area (Å²) in [5, 5.41) is 19.9. The molecule has 1 heterocycles. The predicted molar refractivity (Wildman–Crippen MR) is 138 cm³/mol. The van der Waals surface area contributed by atoms with Gasteiger partial charge in [0.2, 0.25) is 0 Å². The van der Waals surface area contributed by atoms with Crippen LogP contribution in [0.2, 0.25) is 5.02 Å². The van der Waals surface area contributed by atoms with Crippen LogP contribution in [0.4, 0.5) is 13.2 Å². The number of aryl methyl sites for hydroxylation is 2. The molecule has 0 aliphatic carbocycles. The summed E-state index contributed by atoms with van der Waals surface area (Å²) in [6, 6.07) is 13.9. The highest BCUT2D eigenvalue weighted by Crippen LogP contribution is 2.50. The van der Waals surface area contributed by atoms with Gasteiger partial charge in [-0.2, -0.15) is 13.2 Å².